The van der Waals surface area contributed by atoms with Gasteiger partial charge in [0.2, 0.25) is 5.89 Å². The van der Waals surface area contributed by atoms with Crippen LogP contribution < -0.4 is 5.32 Å². The third-order valence-corrected chi connectivity index (χ3v) is 2.65. The van der Waals surface area contributed by atoms with E-state index in [2.05, 4.69) is 31.4 Å². The van der Waals surface area contributed by atoms with Crippen molar-refractivity contribution in [1.82, 2.24) is 10.2 Å². The summed E-state index contributed by atoms with van der Waals surface area (Å²) in [5.41, 5.74) is 0.697. The molecule has 2 N–H and O–H groups in total. The quantitative estimate of drug-likeness (QED) is 0.827. The number of aromatic nitrogens is 2. The van der Waals surface area contributed by atoms with Crippen LogP contribution in [0, 0.1) is 0 Å². The number of carboxylic acid groups (broad SMARTS) is 1. The number of carboxylic acids is 1. The molecule has 0 radical (unpaired) electrons. The van der Waals surface area contributed by atoms with Gasteiger partial charge in [0.15, 0.2) is 0 Å². The number of rotatable bonds is 4. The number of carbonyl (C=O) groups is 2. The van der Waals surface area contributed by atoms with Gasteiger partial charge in [0.1, 0.15) is 0 Å². The van der Waals surface area contributed by atoms with Gasteiger partial charge >= 0.3 is 12.0 Å². The molecule has 2 aromatic rings. The summed E-state index contributed by atoms with van der Waals surface area (Å²) in [7, 11) is 0. The van der Waals surface area contributed by atoms with Crippen LogP contribution in [-0.2, 0) is 9.59 Å². The lowest BCUT2D eigenvalue weighted by Gasteiger charge is -1.95. The average Bonchev–Trinajstić information content (AvgIpc) is 2.85. The van der Waals surface area contributed by atoms with Crippen molar-refractivity contribution in [2.75, 3.05) is 5.32 Å². The molecule has 1 heterocycles. The molecular formula is C12H8BrN3O4. The van der Waals surface area contributed by atoms with Gasteiger partial charge in [0, 0.05) is 22.2 Å². The standard InChI is InChI=1S/C12H8BrN3O4/c13-8-3-1-7(2-4-8)11-15-16-12(20-11)14-9(17)5-6-10(18)19/h1-6H,(H,18,19)(H,14,16,17)/b6-5-. The Morgan fingerprint density at radius 3 is 2.55 bits per heavy atom. The number of benzene rings is 1. The first-order valence-electron chi connectivity index (χ1n) is 5.36. The van der Waals surface area contributed by atoms with E-state index in [0.29, 0.717) is 11.6 Å². The zero-order valence-electron chi connectivity index (χ0n) is 9.91. The van der Waals surface area contributed by atoms with Gasteiger partial charge in [-0.3, -0.25) is 10.1 Å². The molecule has 0 unspecified atom stereocenters. The maximum Gasteiger partial charge on any atom is 0.328 e. The van der Waals surface area contributed by atoms with Gasteiger partial charge in [0.25, 0.3) is 5.91 Å². The molecule has 0 bridgehead atoms. The number of amides is 1. The van der Waals surface area contributed by atoms with Crippen molar-refractivity contribution in [3.05, 3.63) is 40.9 Å². The molecule has 8 heteroatoms. The second-order valence-electron chi connectivity index (χ2n) is 3.58. The lowest BCUT2D eigenvalue weighted by atomic mass is 10.2. The summed E-state index contributed by atoms with van der Waals surface area (Å²) < 4.78 is 6.15. The number of hydrogen-bond donors (Lipinski definition) is 2. The summed E-state index contributed by atoms with van der Waals surface area (Å²) >= 11 is 3.31. The van der Waals surface area contributed by atoms with Crippen molar-refractivity contribution >= 4 is 33.8 Å². The highest BCUT2D eigenvalue weighted by atomic mass is 79.9. The van der Waals surface area contributed by atoms with Gasteiger partial charge in [-0.2, -0.15) is 0 Å². The molecule has 20 heavy (non-hydrogen) atoms. The number of nitrogens with one attached hydrogen (secondary N) is 1. The van der Waals surface area contributed by atoms with E-state index in [9.17, 15) is 9.59 Å². The molecule has 0 fully saturated rings. The Morgan fingerprint density at radius 1 is 1.20 bits per heavy atom. The van der Waals surface area contributed by atoms with E-state index in [1.165, 1.54) is 0 Å². The third-order valence-electron chi connectivity index (χ3n) is 2.12. The number of halogens is 1. The fourth-order valence-electron chi connectivity index (χ4n) is 1.28. The highest BCUT2D eigenvalue weighted by Gasteiger charge is 2.10. The number of carbonyl (C=O) groups excluding carboxylic acids is 1. The summed E-state index contributed by atoms with van der Waals surface area (Å²) in [6, 6.07) is 7.06. The molecule has 1 aromatic carbocycles. The van der Waals surface area contributed by atoms with E-state index in [0.717, 1.165) is 10.5 Å². The van der Waals surface area contributed by atoms with Crippen molar-refractivity contribution in [3.63, 3.8) is 0 Å². The molecular weight excluding hydrogens is 330 g/mol. The van der Waals surface area contributed by atoms with E-state index >= 15 is 0 Å². The number of hydrogen-bond acceptors (Lipinski definition) is 5. The Labute approximate surface area is 121 Å². The molecule has 0 aliphatic rings. The van der Waals surface area contributed by atoms with Crippen LogP contribution in [0.2, 0.25) is 0 Å². The van der Waals surface area contributed by atoms with Crippen molar-refractivity contribution in [1.29, 1.82) is 0 Å². The van der Waals surface area contributed by atoms with Crippen molar-refractivity contribution in [3.8, 4) is 11.5 Å². The largest absolute Gasteiger partial charge is 0.478 e. The first-order valence-corrected chi connectivity index (χ1v) is 6.15. The van der Waals surface area contributed by atoms with Crippen molar-refractivity contribution in [2.45, 2.75) is 0 Å². The Morgan fingerprint density at radius 2 is 1.90 bits per heavy atom. The van der Waals surface area contributed by atoms with Gasteiger partial charge < -0.3 is 9.52 Å². The van der Waals surface area contributed by atoms with Gasteiger partial charge in [0.05, 0.1) is 0 Å². The highest BCUT2D eigenvalue weighted by Crippen LogP contribution is 2.21. The van der Waals surface area contributed by atoms with Crippen LogP contribution in [0.25, 0.3) is 11.5 Å². The Bertz CT molecular complexity index is 664. The van der Waals surface area contributed by atoms with Gasteiger partial charge in [-0.1, -0.05) is 21.0 Å². The Kier molecular flexibility index (Phi) is 4.26. The number of aliphatic carboxylic acids is 1. The van der Waals surface area contributed by atoms with Gasteiger partial charge in [-0.25, -0.2) is 4.79 Å². The first-order chi connectivity index (χ1) is 9.54. The molecule has 0 aliphatic carbocycles. The Hall–Kier alpha value is -2.48. The van der Waals surface area contributed by atoms with Crippen molar-refractivity contribution < 1.29 is 19.1 Å². The van der Waals surface area contributed by atoms with E-state index in [1.54, 1.807) is 12.1 Å². The second kappa shape index (κ2) is 6.11. The number of nitrogens with zero attached hydrogens (tertiary/aromatic N) is 2. The Balaban J connectivity index is 2.07. The van der Waals surface area contributed by atoms with Crippen LogP contribution >= 0.6 is 15.9 Å². The molecule has 102 valence electrons. The predicted molar refractivity (Wildman–Crippen MR) is 72.8 cm³/mol. The van der Waals surface area contributed by atoms with E-state index in [1.807, 2.05) is 12.1 Å². The lowest BCUT2D eigenvalue weighted by Crippen LogP contribution is -2.08. The predicted octanol–water partition coefficient (Wildman–Crippen LogP) is 2.08. The molecule has 7 nitrogen and oxygen atoms in total. The van der Waals surface area contributed by atoms with E-state index < -0.39 is 11.9 Å². The van der Waals surface area contributed by atoms with Crippen LogP contribution in [0.3, 0.4) is 0 Å². The minimum atomic E-state index is -1.22. The number of anilines is 1. The van der Waals surface area contributed by atoms with Gasteiger partial charge in [-0.15, -0.1) is 5.10 Å². The molecule has 0 spiro atoms. The molecule has 0 saturated heterocycles. The average molecular weight is 338 g/mol. The minimum Gasteiger partial charge on any atom is -0.478 e. The lowest BCUT2D eigenvalue weighted by molar-refractivity contribution is -0.131. The van der Waals surface area contributed by atoms with Crippen molar-refractivity contribution in [2.24, 2.45) is 0 Å². The van der Waals surface area contributed by atoms with Crippen LogP contribution in [-0.4, -0.2) is 27.2 Å². The topological polar surface area (TPSA) is 105 Å². The first kappa shape index (κ1) is 13.9. The summed E-state index contributed by atoms with van der Waals surface area (Å²) in [4.78, 5) is 21.6. The molecule has 2 rings (SSSR count). The minimum absolute atomic E-state index is 0.108. The normalized spacial score (nSPS) is 10.7. The van der Waals surface area contributed by atoms with Crippen LogP contribution in [0.1, 0.15) is 0 Å². The van der Waals surface area contributed by atoms with Crippen LogP contribution in [0.4, 0.5) is 6.01 Å². The second-order valence-corrected chi connectivity index (χ2v) is 4.50. The summed E-state index contributed by atoms with van der Waals surface area (Å²) in [6.45, 7) is 0. The molecule has 0 atom stereocenters. The third kappa shape index (κ3) is 3.75. The molecule has 1 aromatic heterocycles. The molecule has 0 aliphatic heterocycles. The van der Waals surface area contributed by atoms with E-state index in [-0.39, 0.29) is 11.9 Å². The smallest absolute Gasteiger partial charge is 0.328 e. The monoisotopic (exact) mass is 337 g/mol. The summed E-state index contributed by atoms with van der Waals surface area (Å²) in [5.74, 6) is -1.64. The SMILES string of the molecule is O=C(O)/C=C\C(=O)Nc1nnc(-c2ccc(Br)cc2)o1. The molecule has 0 saturated carbocycles. The fraction of sp³-hybridized carbons (Fsp3) is 0. The van der Waals surface area contributed by atoms with E-state index in [4.69, 9.17) is 9.52 Å². The van der Waals surface area contributed by atoms with Crippen LogP contribution in [0.15, 0.2) is 45.3 Å². The highest BCUT2D eigenvalue weighted by molar-refractivity contribution is 9.10. The summed E-state index contributed by atoms with van der Waals surface area (Å²) in [6.07, 6.45) is 1.56. The fourth-order valence-corrected chi connectivity index (χ4v) is 1.54. The molecule has 1 amide bonds. The maximum absolute atomic E-state index is 11.3. The zero-order chi connectivity index (χ0) is 14.5. The van der Waals surface area contributed by atoms with Gasteiger partial charge in [-0.05, 0) is 24.3 Å². The van der Waals surface area contributed by atoms with Crippen LogP contribution in [0.5, 0.6) is 0 Å². The maximum atomic E-state index is 11.3. The summed E-state index contributed by atoms with van der Waals surface area (Å²) in [5, 5.41) is 18.1. The zero-order valence-corrected chi connectivity index (χ0v) is 11.5.